The number of aliphatic carboxylic acids is 2. The van der Waals surface area contributed by atoms with Crippen LogP contribution >= 0.6 is 49.8 Å². The molecule has 1 amide bonds. The van der Waals surface area contributed by atoms with Gasteiger partial charge < -0.3 is 96.2 Å². The first-order chi connectivity index (χ1) is 42.1. The van der Waals surface area contributed by atoms with Gasteiger partial charge in [0.1, 0.15) is 55.7 Å². The first-order valence-electron chi connectivity index (χ1n) is 28.5. The van der Waals surface area contributed by atoms with Crippen molar-refractivity contribution < 1.29 is 198 Å². The van der Waals surface area contributed by atoms with Gasteiger partial charge in [-0.15, -0.1) is 77.5 Å². The van der Waals surface area contributed by atoms with Crippen LogP contribution in [0.15, 0.2) is 0 Å². The number of ketones is 6. The molecule has 3 atom stereocenters. The number of carboxylic acid groups (broad SMARTS) is 2. The molecule has 10 N–H and O–H groups in total. The summed E-state index contributed by atoms with van der Waals surface area (Å²) in [5.74, 6) is 28.6. The first-order valence-corrected chi connectivity index (χ1v) is 37.5. The van der Waals surface area contributed by atoms with E-state index in [1.54, 1.807) is 96.4 Å². The van der Waals surface area contributed by atoms with Crippen LogP contribution in [0, 0.1) is 112 Å². The van der Waals surface area contributed by atoms with Gasteiger partial charge in [-0.3, -0.25) is 48.5 Å². The normalized spacial score (nSPS) is 9.71. The van der Waals surface area contributed by atoms with Gasteiger partial charge in [0.25, 0.3) is 0 Å². The van der Waals surface area contributed by atoms with Crippen molar-refractivity contribution in [2.75, 3.05) is 91.1 Å². The smallest absolute Gasteiger partial charge is 1.00 e. The molecule has 33 heteroatoms. The number of aliphatic hydroxyl groups is 6. The monoisotopic (exact) mass is 1620 g/mol. The summed E-state index contributed by atoms with van der Waals surface area (Å²) in [4.78, 5) is 98.7. The predicted octanol–water partition coefficient (Wildman–Crippen LogP) is -3.31. The summed E-state index contributed by atoms with van der Waals surface area (Å²) in [6, 6.07) is 0. The molecule has 0 aliphatic rings. The van der Waals surface area contributed by atoms with Crippen molar-refractivity contribution >= 4 is 125 Å². The molecule has 0 rings (SSSR count). The van der Waals surface area contributed by atoms with E-state index in [4.69, 9.17) is 40.9 Å². The topological polar surface area (TPSA) is 412 Å². The first kappa shape index (κ1) is 144. The number of halogens is 4. The van der Waals surface area contributed by atoms with E-state index >= 15 is 0 Å². The molecular weight excluding hydrogens is 1510 g/mol. The van der Waals surface area contributed by atoms with Crippen LogP contribution in [0.1, 0.15) is 164 Å². The van der Waals surface area contributed by atoms with Gasteiger partial charge in [-0.1, -0.05) is 42.6 Å². The molecule has 564 valence electrons. The number of Topliss-reactive ketones (excluding diaryl/α,β-unsaturated/α-hetero) is 6. The molecule has 0 aromatic heterocycles. The standard InChI is InChI=1S/C10H17O4P.C10H14O2.C9H15NO2.C8H10O4.C8H12O.C6H10O2.C4H5Br.C3H9O3P.C3H9OP.C3H7.C2H7NO.3ClH.K.Li.Mg.H2O/c1-3-4-5-9(2)10(13)6-15(14,7-11)8-12;1-5-6-7-10(4,8(2)11)9(3)12;1-4-5-6-8(2)9(12)10(3)7-11;1-3-4-5-8(2,6(9)10)7(11)12;1-4-5-6-7(2)8(3)9;1-4(5(2)7)6(3)8;1-2-3-4-5;1-7(6,2-4)3-5;1-5(2,3)4;1-3-2;1-3-2-4;;;;;;;/h9,11-12H,5-8H2,1-2H3;7H2,1-4H3;8,11H,6-7H2,1-3H3;5H2,1-2H3,(H,9,10)(H,11,12);7H,6H2,1-3H3;4H,1-3H3;4H2,1H3;4-5H,2-3H2,1H3;1-3H3;3H,1-2H3;3-4H,2H2,1H3;3*1H;;;;1H2/q;;;;;;;;;-1;;;;;2*+1;+2;/p-3. The molecule has 0 aromatic carbocycles. The van der Waals surface area contributed by atoms with Crippen molar-refractivity contribution in [3.05, 3.63) is 6.42 Å². The zero-order valence-corrected chi connectivity index (χ0v) is 75.2. The molecule has 0 spiro atoms. The minimum Gasteiger partial charge on any atom is -1.00 e. The summed E-state index contributed by atoms with van der Waals surface area (Å²) >= 11 is 3.14. The van der Waals surface area contributed by atoms with E-state index in [1.165, 1.54) is 46.2 Å². The second-order valence-electron chi connectivity index (χ2n) is 21.0. The van der Waals surface area contributed by atoms with Gasteiger partial charge >= 0.3 is 105 Å². The molecule has 0 heterocycles. The predicted molar refractivity (Wildman–Crippen MR) is 390 cm³/mol. The Bertz CT molecular complexity index is 2580. The molecule has 99 heavy (non-hydrogen) atoms. The Hall–Kier alpha value is -1.49. The van der Waals surface area contributed by atoms with E-state index in [1.807, 2.05) is 34.1 Å². The number of carboxylic acids is 2. The third-order valence-corrected chi connectivity index (χ3v) is 14.3. The Balaban J connectivity index is -0.0000000463. The van der Waals surface area contributed by atoms with Gasteiger partial charge in [0, 0.05) is 56.9 Å². The Morgan fingerprint density at radius 2 is 0.828 bits per heavy atom. The molecule has 0 fully saturated rings. The number of carbonyl (C=O) groups excluding carboxylic acids is 7. The van der Waals surface area contributed by atoms with Crippen molar-refractivity contribution in [1.29, 1.82) is 0 Å². The molecule has 0 saturated heterocycles. The third-order valence-electron chi connectivity index (χ3n) is 10.9. The zero-order valence-electron chi connectivity index (χ0n) is 64.0. The average molecular weight is 1620 g/mol. The number of hydrogen-bond donors (Lipinski definition) is 9. The maximum absolute atomic E-state index is 11.6. The van der Waals surface area contributed by atoms with E-state index in [-0.39, 0.29) is 220 Å². The molecule has 23 nitrogen and oxygen atoms in total. The van der Waals surface area contributed by atoms with Gasteiger partial charge in [-0.25, -0.2) is 0 Å². The minimum atomic E-state index is -3.11. The second-order valence-corrected chi connectivity index (χ2v) is 31.5. The van der Waals surface area contributed by atoms with Crippen molar-refractivity contribution in [3.63, 3.8) is 0 Å². The van der Waals surface area contributed by atoms with Crippen LogP contribution in [0.25, 0.3) is 0 Å². The van der Waals surface area contributed by atoms with Crippen LogP contribution in [0.5, 0.6) is 0 Å². The summed E-state index contributed by atoms with van der Waals surface area (Å²) in [6.07, 6.45) is 1.54. The van der Waals surface area contributed by atoms with Gasteiger partial charge in [0.15, 0.2) is 5.41 Å². The van der Waals surface area contributed by atoms with Crippen LogP contribution in [0.2, 0.25) is 0 Å². The van der Waals surface area contributed by atoms with Crippen molar-refractivity contribution in [3.8, 4) is 71.0 Å². The Morgan fingerprint density at radius 3 is 1.00 bits per heavy atom. The summed E-state index contributed by atoms with van der Waals surface area (Å²) < 4.78 is 32.2. The van der Waals surface area contributed by atoms with E-state index in [0.29, 0.717) is 25.7 Å². The Labute approximate surface area is 693 Å². The summed E-state index contributed by atoms with van der Waals surface area (Å²) in [5.41, 5.74) is -2.69. The maximum Gasteiger partial charge on any atom is 2.00 e. The Morgan fingerprint density at radius 1 is 0.556 bits per heavy atom. The van der Waals surface area contributed by atoms with Crippen LogP contribution < -0.4 is 100 Å². The van der Waals surface area contributed by atoms with Crippen LogP contribution in [-0.2, 0) is 56.8 Å². The Kier molecular flexibility index (Phi) is 134. The van der Waals surface area contributed by atoms with Crippen LogP contribution in [-0.4, -0.2) is 218 Å². The number of rotatable bonds is 22. The fourth-order valence-electron chi connectivity index (χ4n) is 3.81. The third kappa shape index (κ3) is 105. The van der Waals surface area contributed by atoms with Crippen molar-refractivity contribution in [2.45, 2.75) is 164 Å². The number of carbonyl (C=O) groups is 9. The van der Waals surface area contributed by atoms with E-state index in [0.717, 1.165) is 12.3 Å². The fraction of sp³-hybridized carbons (Fsp3) is 0.667. The zero-order chi connectivity index (χ0) is 75.7. The van der Waals surface area contributed by atoms with Gasteiger partial charge in [0.05, 0.1) is 62.1 Å². The molecule has 0 radical (unpaired) electrons. The summed E-state index contributed by atoms with van der Waals surface area (Å²) in [7, 11) is -4.04. The van der Waals surface area contributed by atoms with Crippen molar-refractivity contribution in [1.82, 2.24) is 10.2 Å². The molecule has 0 aliphatic carbocycles. The van der Waals surface area contributed by atoms with E-state index in [2.05, 4.69) is 92.3 Å². The second kappa shape index (κ2) is 92.6. The fourth-order valence-corrected chi connectivity index (χ4v) is 5.35. The molecule has 3 unspecified atom stereocenters. The largest absolute Gasteiger partial charge is 2.00 e. The van der Waals surface area contributed by atoms with E-state index < -0.39 is 75.5 Å². The molecule has 0 saturated carbocycles. The van der Waals surface area contributed by atoms with Crippen LogP contribution in [0.4, 0.5) is 0 Å². The number of amides is 1. The number of alkyl halides is 1. The summed E-state index contributed by atoms with van der Waals surface area (Å²) in [5, 5.41) is 70.8. The molecule has 0 bridgehead atoms. The minimum absolute atomic E-state index is 0. The average Bonchev–Trinajstić information content (AvgIpc) is 0.869. The maximum atomic E-state index is 11.6. The molecule has 0 aliphatic heterocycles. The quantitative estimate of drug-likeness (QED) is 0.00974. The number of hydrogen-bond acceptors (Lipinski definition) is 20. The SMILES string of the molecule is CC#CCBr.CC#CCC(C)(C(=O)O)C(=O)O.CC#CCC(C)(C(C)=O)C(C)=O.CC#CCC(C)C(=O)CP(=O)(CO)CO.CC#CCC(C)C(=O)N(C)CO.CC#CCC(C)C(C)=O.CC(=O)C(C)C(C)=O.CNCO.CP(=O)(CO)CO.CP(C)(C)=O.C[CH-]C.Cl.[Cl-].[Cl-].[K+].[Li+].[Mg+2].[OH-]. The molecule has 0 aromatic rings. The van der Waals surface area contributed by atoms with Crippen molar-refractivity contribution in [2.24, 2.45) is 34.5 Å². The summed E-state index contributed by atoms with van der Waals surface area (Å²) in [6.45, 7) is 37.8. The number of nitrogens with one attached hydrogen (secondary N) is 1. The van der Waals surface area contributed by atoms with Gasteiger partial charge in [-0.2, -0.15) is 13.8 Å². The molecular formula is C66H117BrCl3KLiMgN2O21P3. The number of nitrogens with zero attached hydrogens (tertiary/aromatic N) is 1. The van der Waals surface area contributed by atoms with Crippen LogP contribution in [0.3, 0.4) is 0 Å². The van der Waals surface area contributed by atoms with Gasteiger partial charge in [0.2, 0.25) is 5.91 Å². The van der Waals surface area contributed by atoms with Gasteiger partial charge in [-0.05, 0) is 131 Å². The number of aliphatic hydroxyl groups excluding tert-OH is 6. The van der Waals surface area contributed by atoms with E-state index in [9.17, 15) is 56.8 Å².